The van der Waals surface area contributed by atoms with Crippen LogP contribution in [0, 0.1) is 33.8 Å². The van der Waals surface area contributed by atoms with Crippen LogP contribution in [0.25, 0.3) is 5.76 Å². The zero-order valence-electron chi connectivity index (χ0n) is 17.4. The zero-order chi connectivity index (χ0) is 23.6. The average Bonchev–Trinajstić information content (AvgIpc) is 2.66. The number of carbonyl (C=O) groups is 3. The molecule has 2 fully saturated rings. The normalized spacial score (nSPS) is 31.8. The van der Waals surface area contributed by atoms with Gasteiger partial charge in [0.2, 0.25) is 5.91 Å². The molecule has 11 nitrogen and oxygen atoms in total. The first kappa shape index (κ1) is 21.9. The molecule has 0 spiro atoms. The van der Waals surface area contributed by atoms with Crippen molar-refractivity contribution in [2.24, 2.45) is 29.4 Å². The van der Waals surface area contributed by atoms with Crippen LogP contribution >= 0.6 is 0 Å². The van der Waals surface area contributed by atoms with Gasteiger partial charge in [-0.05, 0) is 44.8 Å². The molecule has 1 aromatic carbocycles. The molecule has 6 atom stereocenters. The fraction of sp³-hybridized carbons (Fsp3) is 0.476. The molecule has 0 radical (unpaired) electrons. The lowest BCUT2D eigenvalue weighted by atomic mass is 9.57. The topological polar surface area (TPSA) is 184 Å². The van der Waals surface area contributed by atoms with Crippen LogP contribution in [0.2, 0.25) is 0 Å². The molecule has 2 saturated carbocycles. The SMILES string of the molecule is CN(C)C1C(O)C(C(N)=O)C(=O)C2C(=O)C3=C(O)c4c(O)ccc([N+](=O)[O-])c4CC3CC21. The van der Waals surface area contributed by atoms with Crippen LogP contribution in [0.5, 0.6) is 5.75 Å². The number of aromatic hydroxyl groups is 1. The molecule has 32 heavy (non-hydrogen) atoms. The van der Waals surface area contributed by atoms with E-state index in [0.717, 1.165) is 12.1 Å². The van der Waals surface area contributed by atoms with Gasteiger partial charge in [-0.2, -0.15) is 0 Å². The van der Waals surface area contributed by atoms with Gasteiger partial charge in [-0.25, -0.2) is 0 Å². The zero-order valence-corrected chi connectivity index (χ0v) is 17.4. The molecule has 0 aliphatic heterocycles. The predicted molar refractivity (Wildman–Crippen MR) is 109 cm³/mol. The van der Waals surface area contributed by atoms with E-state index in [0.29, 0.717) is 0 Å². The number of nitrogens with two attached hydrogens (primary N) is 1. The lowest BCUT2D eigenvalue weighted by Crippen LogP contribution is -2.64. The minimum Gasteiger partial charge on any atom is -0.507 e. The van der Waals surface area contributed by atoms with Gasteiger partial charge in [0.1, 0.15) is 17.4 Å². The van der Waals surface area contributed by atoms with Crippen LogP contribution in [0.15, 0.2) is 17.7 Å². The van der Waals surface area contributed by atoms with E-state index in [2.05, 4.69) is 0 Å². The fourth-order valence-electron chi connectivity index (χ4n) is 5.77. The Kier molecular flexibility index (Phi) is 5.05. The molecule has 3 aliphatic carbocycles. The number of allylic oxidation sites excluding steroid dienone is 1. The van der Waals surface area contributed by atoms with E-state index < -0.39 is 69.7 Å². The second-order valence-electron chi connectivity index (χ2n) is 8.85. The standard InChI is InChI=1S/C21H23N3O8/c1-23(2)16-9-6-7-5-8-10(24(31)32)3-4-11(25)13(8)17(26)12(7)18(27)14(9)19(28)15(20(16)29)21(22)30/h3-4,7,9,14-16,20,25-26,29H,5-6H2,1-2H3,(H2,22,30). The summed E-state index contributed by atoms with van der Waals surface area (Å²) < 4.78 is 0. The molecule has 0 heterocycles. The Morgan fingerprint density at radius 3 is 2.47 bits per heavy atom. The first-order valence-corrected chi connectivity index (χ1v) is 10.1. The van der Waals surface area contributed by atoms with Crippen molar-refractivity contribution >= 4 is 28.9 Å². The third-order valence-electron chi connectivity index (χ3n) is 6.99. The van der Waals surface area contributed by atoms with Gasteiger partial charge in [0.25, 0.3) is 5.69 Å². The number of likely N-dealkylation sites (N-methyl/N-ethyl adjacent to an activating group) is 1. The maximum atomic E-state index is 13.5. The smallest absolute Gasteiger partial charge is 0.273 e. The highest BCUT2D eigenvalue weighted by Crippen LogP contribution is 2.51. The molecular weight excluding hydrogens is 422 g/mol. The number of aliphatic hydroxyl groups excluding tert-OH is 2. The Labute approximate surface area is 182 Å². The highest BCUT2D eigenvalue weighted by molar-refractivity contribution is 6.19. The van der Waals surface area contributed by atoms with E-state index in [1.807, 2.05) is 0 Å². The van der Waals surface area contributed by atoms with Crippen molar-refractivity contribution in [1.29, 1.82) is 0 Å². The highest BCUT2D eigenvalue weighted by Gasteiger charge is 2.59. The minimum absolute atomic E-state index is 0.00190. The van der Waals surface area contributed by atoms with E-state index in [-0.39, 0.29) is 35.2 Å². The number of hydrogen-bond donors (Lipinski definition) is 4. The summed E-state index contributed by atoms with van der Waals surface area (Å²) in [6, 6.07) is 1.45. The molecular formula is C21H23N3O8. The van der Waals surface area contributed by atoms with Gasteiger partial charge in [-0.3, -0.25) is 24.5 Å². The van der Waals surface area contributed by atoms with Crippen molar-refractivity contribution in [2.75, 3.05) is 14.1 Å². The highest BCUT2D eigenvalue weighted by atomic mass is 16.6. The van der Waals surface area contributed by atoms with Crippen molar-refractivity contribution in [1.82, 2.24) is 4.90 Å². The minimum atomic E-state index is -1.57. The second-order valence-corrected chi connectivity index (χ2v) is 8.85. The number of Topliss-reactive ketones (excluding diaryl/α,β-unsaturated/α-hetero) is 2. The van der Waals surface area contributed by atoms with Gasteiger partial charge < -0.3 is 26.0 Å². The number of amides is 1. The summed E-state index contributed by atoms with van der Waals surface area (Å²) in [5.41, 5.74) is 4.87. The third kappa shape index (κ3) is 2.92. The first-order valence-electron chi connectivity index (χ1n) is 10.1. The Hall–Kier alpha value is -3.31. The maximum Gasteiger partial charge on any atom is 0.273 e. The van der Waals surface area contributed by atoms with Crippen LogP contribution in [0.1, 0.15) is 17.5 Å². The van der Waals surface area contributed by atoms with Gasteiger partial charge in [0, 0.05) is 23.2 Å². The van der Waals surface area contributed by atoms with Crippen LogP contribution < -0.4 is 5.73 Å². The lowest BCUT2D eigenvalue weighted by Gasteiger charge is -2.49. The van der Waals surface area contributed by atoms with E-state index in [1.165, 1.54) is 0 Å². The number of carbonyl (C=O) groups excluding carboxylic acids is 3. The van der Waals surface area contributed by atoms with Gasteiger partial charge >= 0.3 is 0 Å². The number of hydrogen-bond acceptors (Lipinski definition) is 9. The molecule has 1 amide bonds. The van der Waals surface area contributed by atoms with E-state index in [1.54, 1.807) is 19.0 Å². The molecule has 1 aromatic rings. The van der Waals surface area contributed by atoms with Crippen LogP contribution in [-0.4, -0.2) is 68.9 Å². The van der Waals surface area contributed by atoms with Gasteiger partial charge in [0.05, 0.1) is 22.5 Å². The monoisotopic (exact) mass is 445 g/mol. The number of primary amides is 1. The fourth-order valence-corrected chi connectivity index (χ4v) is 5.77. The second kappa shape index (κ2) is 7.38. The molecule has 0 bridgehead atoms. The van der Waals surface area contributed by atoms with Crippen molar-refractivity contribution in [2.45, 2.75) is 25.0 Å². The quantitative estimate of drug-likeness (QED) is 0.281. The molecule has 0 saturated heterocycles. The van der Waals surface area contributed by atoms with Gasteiger partial charge in [0.15, 0.2) is 11.6 Å². The van der Waals surface area contributed by atoms with Crippen molar-refractivity contribution in [3.8, 4) is 5.75 Å². The summed E-state index contributed by atoms with van der Waals surface area (Å²) in [4.78, 5) is 51.0. The number of benzene rings is 1. The number of phenols is 1. The summed E-state index contributed by atoms with van der Waals surface area (Å²) in [5.74, 6) is -7.80. The first-order chi connectivity index (χ1) is 15.0. The largest absolute Gasteiger partial charge is 0.507 e. The molecule has 3 aliphatic rings. The summed E-state index contributed by atoms with van der Waals surface area (Å²) >= 11 is 0. The van der Waals surface area contributed by atoms with Crippen LogP contribution in [-0.2, 0) is 20.8 Å². The molecule has 170 valence electrons. The Bertz CT molecular complexity index is 1090. The Balaban J connectivity index is 1.89. The summed E-state index contributed by atoms with van der Waals surface area (Å²) in [6.07, 6.45) is -1.26. The number of nitro groups is 1. The maximum absolute atomic E-state index is 13.5. The predicted octanol–water partition coefficient (Wildman–Crippen LogP) is -0.0777. The molecule has 6 unspecified atom stereocenters. The van der Waals surface area contributed by atoms with Gasteiger partial charge in [-0.15, -0.1) is 0 Å². The van der Waals surface area contributed by atoms with E-state index >= 15 is 0 Å². The van der Waals surface area contributed by atoms with E-state index in [9.17, 15) is 39.8 Å². The summed E-state index contributed by atoms with van der Waals surface area (Å²) in [5, 5.41) is 43.4. The van der Waals surface area contributed by atoms with Crippen molar-refractivity contribution < 1.29 is 34.6 Å². The number of nitro benzene ring substituents is 1. The van der Waals surface area contributed by atoms with Crippen LogP contribution in [0.3, 0.4) is 0 Å². The molecule has 11 heteroatoms. The Morgan fingerprint density at radius 2 is 1.91 bits per heavy atom. The number of phenolic OH excluding ortho intramolecular Hbond substituents is 1. The summed E-state index contributed by atoms with van der Waals surface area (Å²) in [7, 11) is 3.29. The number of ketones is 2. The summed E-state index contributed by atoms with van der Waals surface area (Å²) in [6.45, 7) is 0. The van der Waals surface area contributed by atoms with Crippen LogP contribution in [0.4, 0.5) is 5.69 Å². The van der Waals surface area contributed by atoms with Crippen molar-refractivity contribution in [3.63, 3.8) is 0 Å². The van der Waals surface area contributed by atoms with Crippen molar-refractivity contribution in [3.05, 3.63) is 38.9 Å². The lowest BCUT2D eigenvalue weighted by molar-refractivity contribution is -0.385. The molecule has 0 aromatic heterocycles. The molecule has 4 rings (SSSR count). The average molecular weight is 445 g/mol. The molecule has 5 N–H and O–H groups in total. The third-order valence-corrected chi connectivity index (χ3v) is 6.99. The number of nitrogens with zero attached hydrogens (tertiary/aromatic N) is 2. The number of fused-ring (bicyclic) bond motifs is 3. The number of rotatable bonds is 3. The number of aliphatic hydroxyl groups is 2. The van der Waals surface area contributed by atoms with Gasteiger partial charge in [-0.1, -0.05) is 0 Å². The van der Waals surface area contributed by atoms with E-state index in [4.69, 9.17) is 5.73 Å². The Morgan fingerprint density at radius 1 is 1.25 bits per heavy atom.